The van der Waals surface area contributed by atoms with Crippen LogP contribution in [0, 0.1) is 18.8 Å². The fourth-order valence-electron chi connectivity index (χ4n) is 11.4. The number of hydrogen-bond donors (Lipinski definition) is 6. The Morgan fingerprint density at radius 3 is 2.16 bits per heavy atom. The van der Waals surface area contributed by atoms with Gasteiger partial charge in [-0.05, 0) is 66.0 Å². The highest BCUT2D eigenvalue weighted by atomic mass is 35.5. The summed E-state index contributed by atoms with van der Waals surface area (Å²) >= 11 is 6.69. The second-order valence-electron chi connectivity index (χ2n) is 25.0. The van der Waals surface area contributed by atoms with E-state index in [1.165, 1.54) is 27.7 Å². The zero-order chi connectivity index (χ0) is 76.1. The number of rotatable bonds is 44. The molecule has 0 spiro atoms. The molecule has 7 N–H and O–H groups in total. The minimum Gasteiger partial charge on any atom is -0.447 e. The minimum atomic E-state index is -1.04. The summed E-state index contributed by atoms with van der Waals surface area (Å²) in [6.45, 7) is 8.17. The fraction of sp³-hybridized carbons (Fsp3) is 0.479. The van der Waals surface area contributed by atoms with Gasteiger partial charge in [-0.2, -0.15) is 0 Å². The van der Waals surface area contributed by atoms with E-state index in [1.807, 2.05) is 25.1 Å². The smallest absolute Gasteiger partial charge is 0.415 e. The molecule has 3 aromatic heterocycles. The van der Waals surface area contributed by atoms with Gasteiger partial charge in [-0.3, -0.25) is 33.7 Å². The first-order valence-electron chi connectivity index (χ1n) is 34.6. The average Bonchev–Trinajstić information content (AvgIpc) is 1.55. The monoisotopic (exact) mass is 1490 g/mol. The molecule has 10 amide bonds. The number of hydrogen-bond acceptors (Lipinski definition) is 23. The number of methoxy groups -OCH3 is 1. The van der Waals surface area contributed by atoms with Gasteiger partial charge in [-0.25, -0.2) is 28.8 Å². The van der Waals surface area contributed by atoms with Gasteiger partial charge in [0, 0.05) is 124 Å². The molecule has 0 saturated carbocycles. The number of fused-ring (bicyclic) bond motifs is 4. The van der Waals surface area contributed by atoms with E-state index in [-0.39, 0.29) is 134 Å². The number of nitrogens with zero attached hydrogens (tertiary/aromatic N) is 9. The van der Waals surface area contributed by atoms with Crippen LogP contribution in [-0.4, -0.2) is 255 Å². The van der Waals surface area contributed by atoms with E-state index >= 15 is 0 Å². The number of imidazole rings is 1. The van der Waals surface area contributed by atoms with Gasteiger partial charge >= 0.3 is 24.3 Å². The number of alkyl halides is 1. The van der Waals surface area contributed by atoms with Gasteiger partial charge in [0.05, 0.1) is 110 Å². The highest BCUT2D eigenvalue weighted by Gasteiger charge is 2.38. The molecule has 3 atom stereocenters. The van der Waals surface area contributed by atoms with Crippen LogP contribution >= 0.6 is 11.6 Å². The first kappa shape index (κ1) is 81.5. The number of primary amides is 1. The molecule has 0 fully saturated rings. The van der Waals surface area contributed by atoms with Crippen LogP contribution in [-0.2, 0) is 70.2 Å². The van der Waals surface area contributed by atoms with E-state index in [0.717, 1.165) is 33.6 Å². The summed E-state index contributed by atoms with van der Waals surface area (Å²) in [6.07, 6.45) is 4.75. The molecular formula is C71H91ClN14O20. The zero-order valence-corrected chi connectivity index (χ0v) is 60.6. The maximum Gasteiger partial charge on any atom is 0.415 e. The lowest BCUT2D eigenvalue weighted by Crippen LogP contribution is -2.46. The van der Waals surface area contributed by atoms with E-state index in [2.05, 4.69) is 36.6 Å². The number of pyridine rings is 1. The van der Waals surface area contributed by atoms with E-state index in [0.29, 0.717) is 86.5 Å². The number of Topliss-reactive ketones (excluding diaryl/α,β-unsaturated/α-hetero) is 1. The molecule has 6 aromatic rings. The van der Waals surface area contributed by atoms with E-state index in [9.17, 15) is 53.1 Å². The molecule has 0 radical (unpaired) electrons. The summed E-state index contributed by atoms with van der Waals surface area (Å²) < 4.78 is 52.6. The number of halogens is 1. The topological polar surface area (TPSA) is 409 Å². The lowest BCUT2D eigenvalue weighted by atomic mass is 9.89. The Hall–Kier alpha value is -10.2. The van der Waals surface area contributed by atoms with Crippen molar-refractivity contribution in [3.63, 3.8) is 0 Å². The Kier molecular flexibility index (Phi) is 31.9. The maximum atomic E-state index is 14.8. The van der Waals surface area contributed by atoms with Crippen LogP contribution in [0.4, 0.5) is 36.2 Å². The lowest BCUT2D eigenvalue weighted by Gasteiger charge is -2.26. The molecule has 8 rings (SSSR count). The molecule has 35 heteroatoms. The molecule has 5 heterocycles. The van der Waals surface area contributed by atoms with Crippen LogP contribution < -0.4 is 36.6 Å². The Bertz CT molecular complexity index is 4020. The fourth-order valence-corrected chi connectivity index (χ4v) is 11.7. The summed E-state index contributed by atoms with van der Waals surface area (Å²) in [7, 11) is 3.10. The third-order valence-electron chi connectivity index (χ3n) is 17.0. The van der Waals surface area contributed by atoms with Gasteiger partial charge in [0.2, 0.25) is 5.91 Å². The summed E-state index contributed by atoms with van der Waals surface area (Å²) in [5.41, 5.74) is 9.11. The predicted octanol–water partition coefficient (Wildman–Crippen LogP) is 5.05. The highest BCUT2D eigenvalue weighted by Crippen LogP contribution is 2.47. The molecule has 106 heavy (non-hydrogen) atoms. The van der Waals surface area contributed by atoms with Crippen molar-refractivity contribution in [2.45, 2.75) is 65.1 Å². The SMILES string of the molecule is COCCOCCOCCOCCn1cc(C(=O)Nc2ccn3cc(C(=O)N4C[C@@H](CCl)c5c4cc(OC(=O)N(CCOCCO)CCN(C)C(=O)OCc4ccc(NC(=O)[C@H](CCCNC(N)=O)CC(=O)[C@@H](NC(=O)OCCOCCN6C(=O)C=CC6=O)C(C)C)cc4)c4cccc(C)c54)nc3c2)nn1. The minimum absolute atomic E-state index is 0.000302. The van der Waals surface area contributed by atoms with Crippen molar-refractivity contribution in [2.24, 2.45) is 17.6 Å². The number of nitrogens with one attached hydrogen (secondary N) is 4. The Labute approximate surface area is 616 Å². The highest BCUT2D eigenvalue weighted by molar-refractivity contribution is 6.19. The van der Waals surface area contributed by atoms with Crippen LogP contribution in [0.5, 0.6) is 5.75 Å². The van der Waals surface area contributed by atoms with Gasteiger partial charge in [-0.1, -0.05) is 49.4 Å². The number of urea groups is 1. The number of nitrogens with two attached hydrogens (primary N) is 1. The third-order valence-corrected chi connectivity index (χ3v) is 17.4. The van der Waals surface area contributed by atoms with E-state index in [1.54, 1.807) is 85.1 Å². The van der Waals surface area contributed by atoms with Crippen molar-refractivity contribution in [3.05, 3.63) is 119 Å². The summed E-state index contributed by atoms with van der Waals surface area (Å²) in [5, 5.41) is 29.5. The number of aromatic nitrogens is 5. The molecule has 0 bridgehead atoms. The molecule has 2 aliphatic heterocycles. The number of benzene rings is 3. The second-order valence-corrected chi connectivity index (χ2v) is 25.3. The number of amides is 10. The Balaban J connectivity index is 0.848. The Morgan fingerprint density at radius 2 is 1.46 bits per heavy atom. The van der Waals surface area contributed by atoms with Crippen molar-refractivity contribution < 1.29 is 95.7 Å². The van der Waals surface area contributed by atoms with Crippen molar-refractivity contribution in [2.75, 3.05) is 161 Å². The number of ketones is 1. The standard InChI is InChI=1S/C71H91ClN14O20/c1-46(2)64(78-69(95)104-37-36-101-28-24-85-60(89)15-16-61(85)90)57(88)38-49(9-7-18-74-68(73)94)65(91)75-51-13-11-48(12-14-51)45-105-70(96)81(4)20-21-82(22-26-99-29-25-87)71(97)106-58-40-56-63(62-47(3)8-6-10-53(58)62)50(41-72)42-86(56)67(93)55-43-83-19-17-52(39-59(83)77-55)76-66(92)54-44-84(80-79-54)23-27-100-32-33-103-35-34-102-31-30-98-5/h6,8,10-17,19,39-40,43-44,46,49-50,64,87H,7,9,18,20-38,41-42,45H2,1-5H3,(H,75,91)(H,76,92)(H,78,95)(H3,73,74,94)/t49-,50-,64+/m1/s1. The van der Waals surface area contributed by atoms with Crippen LogP contribution in [0.2, 0.25) is 0 Å². The van der Waals surface area contributed by atoms with Gasteiger partial charge < -0.3 is 93.8 Å². The second kappa shape index (κ2) is 41.5. The number of aliphatic hydroxyl groups is 1. The lowest BCUT2D eigenvalue weighted by molar-refractivity contribution is -0.137. The summed E-state index contributed by atoms with van der Waals surface area (Å²) in [6, 6.07) is 15.1. The van der Waals surface area contributed by atoms with Gasteiger partial charge in [-0.15, -0.1) is 16.7 Å². The van der Waals surface area contributed by atoms with Crippen LogP contribution in [0.1, 0.15) is 76.7 Å². The van der Waals surface area contributed by atoms with Crippen molar-refractivity contribution in [1.82, 2.24) is 49.7 Å². The Morgan fingerprint density at radius 1 is 0.764 bits per heavy atom. The van der Waals surface area contributed by atoms with E-state index < -0.39 is 77.5 Å². The average molecular weight is 1500 g/mol. The first-order valence-corrected chi connectivity index (χ1v) is 35.1. The molecule has 3 aromatic carbocycles. The molecular weight excluding hydrogens is 1400 g/mol. The molecule has 572 valence electrons. The molecule has 2 aliphatic rings. The largest absolute Gasteiger partial charge is 0.447 e. The van der Waals surface area contributed by atoms with Gasteiger partial charge in [0.15, 0.2) is 11.5 Å². The molecule has 0 aliphatic carbocycles. The van der Waals surface area contributed by atoms with Gasteiger partial charge in [0.1, 0.15) is 30.3 Å². The molecule has 34 nitrogen and oxygen atoms in total. The number of likely N-dealkylation sites (N-methyl/N-ethyl adjacent to an activating group) is 1. The van der Waals surface area contributed by atoms with E-state index in [4.69, 9.17) is 60.0 Å². The number of imide groups is 1. The molecule has 0 saturated heterocycles. The summed E-state index contributed by atoms with van der Waals surface area (Å²) in [4.78, 5) is 141. The zero-order valence-electron chi connectivity index (χ0n) is 59.8. The first-order chi connectivity index (χ1) is 51.2. The number of anilines is 3. The van der Waals surface area contributed by atoms with Crippen LogP contribution in [0.15, 0.2) is 91.4 Å². The molecule has 0 unspecified atom stereocenters. The predicted molar refractivity (Wildman–Crippen MR) is 384 cm³/mol. The normalized spacial score (nSPS) is 13.8. The van der Waals surface area contributed by atoms with Crippen LogP contribution in [0.25, 0.3) is 16.4 Å². The van der Waals surface area contributed by atoms with Gasteiger partial charge in [0.25, 0.3) is 23.6 Å². The number of carbonyl (C=O) groups is 10. The number of aryl methyl sites for hydroxylation is 1. The quantitative estimate of drug-likeness (QED) is 0.0165. The number of alkyl carbamates (subject to hydrolysis) is 1. The number of carbonyl (C=O) groups excluding carboxylic acids is 10. The summed E-state index contributed by atoms with van der Waals surface area (Å²) in [5.74, 6) is -4.24. The van der Waals surface area contributed by atoms with Crippen molar-refractivity contribution >= 4 is 105 Å². The number of aliphatic hydroxyl groups excluding tert-OH is 1. The van der Waals surface area contributed by atoms with Crippen molar-refractivity contribution in [3.8, 4) is 5.75 Å². The van der Waals surface area contributed by atoms with Crippen molar-refractivity contribution in [1.29, 1.82) is 0 Å². The number of ether oxygens (including phenoxy) is 9. The maximum absolute atomic E-state index is 14.8. The third kappa shape index (κ3) is 23.9. The van der Waals surface area contributed by atoms with Crippen LogP contribution in [0.3, 0.4) is 0 Å².